The van der Waals surface area contributed by atoms with E-state index in [0.29, 0.717) is 17.8 Å². The van der Waals surface area contributed by atoms with Crippen LogP contribution in [0.25, 0.3) is 11.1 Å². The van der Waals surface area contributed by atoms with Gasteiger partial charge in [0.25, 0.3) is 0 Å². The molecule has 1 fully saturated rings. The minimum atomic E-state index is 0.0300. The van der Waals surface area contributed by atoms with Crippen molar-refractivity contribution in [1.82, 2.24) is 0 Å². The fourth-order valence-corrected chi connectivity index (χ4v) is 6.93. The molecular weight excluding hydrogens is 384 g/mol. The summed E-state index contributed by atoms with van der Waals surface area (Å²) in [6.07, 6.45) is 6.37. The Kier molecular flexibility index (Phi) is 4.22. The molecule has 3 aliphatic rings. The highest BCUT2D eigenvalue weighted by molar-refractivity contribution is 5.80. The molecule has 3 unspecified atom stereocenters. The summed E-state index contributed by atoms with van der Waals surface area (Å²) in [5.74, 6) is 1.39. The molecule has 0 bridgehead atoms. The zero-order valence-corrected chi connectivity index (χ0v) is 19.6. The van der Waals surface area contributed by atoms with Crippen LogP contribution in [0.1, 0.15) is 56.7 Å². The third-order valence-electron chi connectivity index (χ3n) is 8.32. The van der Waals surface area contributed by atoms with Gasteiger partial charge in [-0.3, -0.25) is 0 Å². The van der Waals surface area contributed by atoms with E-state index in [2.05, 4.69) is 119 Å². The highest BCUT2D eigenvalue weighted by atomic mass is 14.6. The highest BCUT2D eigenvalue weighted by Crippen LogP contribution is 2.66. The van der Waals surface area contributed by atoms with Crippen molar-refractivity contribution in [2.24, 2.45) is 17.3 Å². The Morgan fingerprint density at radius 2 is 1.31 bits per heavy atom. The minimum absolute atomic E-state index is 0.0300. The number of rotatable bonds is 2. The third-order valence-corrected chi connectivity index (χ3v) is 8.32. The monoisotopic (exact) mass is 416 g/mol. The molecule has 32 heavy (non-hydrogen) atoms. The van der Waals surface area contributed by atoms with Crippen LogP contribution in [0.2, 0.25) is 0 Å². The first-order chi connectivity index (χ1) is 15.4. The van der Waals surface area contributed by atoms with Gasteiger partial charge in [0.1, 0.15) is 0 Å². The van der Waals surface area contributed by atoms with Crippen LogP contribution in [-0.4, -0.2) is 0 Å². The van der Waals surface area contributed by atoms with Crippen molar-refractivity contribution in [3.8, 4) is 11.1 Å². The second kappa shape index (κ2) is 6.82. The van der Waals surface area contributed by atoms with Gasteiger partial charge in [-0.1, -0.05) is 124 Å². The lowest BCUT2D eigenvalue weighted by atomic mass is 9.60. The van der Waals surface area contributed by atoms with E-state index in [4.69, 9.17) is 0 Å². The van der Waals surface area contributed by atoms with Gasteiger partial charge in [0.2, 0.25) is 0 Å². The molecule has 0 aromatic heterocycles. The SMILES string of the molecule is CC1CC(c2ccccc2)(C2c3ccccc3-c3ccccc32)C2C=C(C(C)(C)C)C=C12. The maximum Gasteiger partial charge on any atom is 0.0208 e. The summed E-state index contributed by atoms with van der Waals surface area (Å²) < 4.78 is 0. The van der Waals surface area contributed by atoms with Gasteiger partial charge >= 0.3 is 0 Å². The zero-order chi connectivity index (χ0) is 22.1. The number of allylic oxidation sites excluding steroid dienone is 4. The summed E-state index contributed by atoms with van der Waals surface area (Å²) in [4.78, 5) is 0. The average Bonchev–Trinajstić information content (AvgIpc) is 3.46. The highest BCUT2D eigenvalue weighted by Gasteiger charge is 2.57. The standard InChI is InChI=1S/C32H32/c1-21-20-32(22-12-6-5-7-13-22,29-19-23(18-28(21)29)31(2,3)4)30-26-16-10-8-14-24(26)25-15-9-11-17-27(25)30/h5-19,21,29-30H,20H2,1-4H3. The van der Waals surface area contributed by atoms with Crippen LogP contribution in [0, 0.1) is 17.3 Å². The predicted molar refractivity (Wildman–Crippen MR) is 135 cm³/mol. The number of hydrogen-bond donors (Lipinski definition) is 0. The molecule has 0 saturated heterocycles. The van der Waals surface area contributed by atoms with Crippen molar-refractivity contribution in [3.05, 3.63) is 119 Å². The molecular formula is C32H32. The molecule has 0 radical (unpaired) electrons. The Balaban J connectivity index is 1.66. The molecule has 3 atom stereocenters. The number of hydrogen-bond acceptors (Lipinski definition) is 0. The fourth-order valence-electron chi connectivity index (χ4n) is 6.93. The van der Waals surface area contributed by atoms with E-state index in [9.17, 15) is 0 Å². The topological polar surface area (TPSA) is 0 Å². The van der Waals surface area contributed by atoms with E-state index in [-0.39, 0.29) is 10.8 Å². The molecule has 0 heterocycles. The van der Waals surface area contributed by atoms with Crippen molar-refractivity contribution in [2.45, 2.75) is 45.4 Å². The maximum absolute atomic E-state index is 2.63. The normalized spacial score (nSPS) is 26.4. The van der Waals surface area contributed by atoms with Crippen LogP contribution in [0.3, 0.4) is 0 Å². The molecule has 3 aliphatic carbocycles. The largest absolute Gasteiger partial charge is 0.0726 e. The van der Waals surface area contributed by atoms with Crippen LogP contribution < -0.4 is 0 Å². The van der Waals surface area contributed by atoms with E-state index in [0.717, 1.165) is 0 Å². The molecule has 3 aromatic rings. The lowest BCUT2D eigenvalue weighted by molar-refractivity contribution is 0.330. The Labute approximate surface area is 192 Å². The lowest BCUT2D eigenvalue weighted by Crippen LogP contribution is -2.37. The number of benzene rings is 3. The van der Waals surface area contributed by atoms with Gasteiger partial charge in [0.15, 0.2) is 0 Å². The van der Waals surface area contributed by atoms with Crippen molar-refractivity contribution in [1.29, 1.82) is 0 Å². The smallest absolute Gasteiger partial charge is 0.0208 e. The molecule has 1 saturated carbocycles. The molecule has 0 amide bonds. The summed E-state index contributed by atoms with van der Waals surface area (Å²) in [7, 11) is 0. The van der Waals surface area contributed by atoms with Gasteiger partial charge in [-0.25, -0.2) is 0 Å². The van der Waals surface area contributed by atoms with Crippen molar-refractivity contribution in [3.63, 3.8) is 0 Å². The molecule has 3 aromatic carbocycles. The molecule has 0 spiro atoms. The zero-order valence-electron chi connectivity index (χ0n) is 19.6. The third kappa shape index (κ3) is 2.62. The number of fused-ring (bicyclic) bond motifs is 4. The summed E-state index contributed by atoms with van der Waals surface area (Å²) in [5, 5.41) is 0. The van der Waals surface area contributed by atoms with E-state index >= 15 is 0 Å². The van der Waals surface area contributed by atoms with Crippen molar-refractivity contribution < 1.29 is 0 Å². The Morgan fingerprint density at radius 3 is 1.91 bits per heavy atom. The van der Waals surface area contributed by atoms with E-state index in [1.165, 1.54) is 39.8 Å². The summed E-state index contributed by atoms with van der Waals surface area (Å²) >= 11 is 0. The molecule has 160 valence electrons. The van der Waals surface area contributed by atoms with Crippen LogP contribution in [0.4, 0.5) is 0 Å². The molecule has 0 N–H and O–H groups in total. The van der Waals surface area contributed by atoms with E-state index < -0.39 is 0 Å². The average molecular weight is 417 g/mol. The van der Waals surface area contributed by atoms with Gasteiger partial charge in [0, 0.05) is 17.3 Å². The fraction of sp³-hybridized carbons (Fsp3) is 0.312. The quantitative estimate of drug-likeness (QED) is 0.394. The Bertz CT molecular complexity index is 1200. The minimum Gasteiger partial charge on any atom is -0.0726 e. The van der Waals surface area contributed by atoms with Gasteiger partial charge in [0.05, 0.1) is 0 Å². The van der Waals surface area contributed by atoms with Gasteiger partial charge in [-0.05, 0) is 51.1 Å². The van der Waals surface area contributed by atoms with Gasteiger partial charge in [-0.2, -0.15) is 0 Å². The van der Waals surface area contributed by atoms with Crippen molar-refractivity contribution in [2.75, 3.05) is 0 Å². The Hall–Kier alpha value is -2.86. The Morgan fingerprint density at radius 1 is 0.750 bits per heavy atom. The first kappa shape index (κ1) is 19.8. The molecule has 6 rings (SSSR count). The molecule has 0 nitrogen and oxygen atoms in total. The van der Waals surface area contributed by atoms with Crippen LogP contribution in [-0.2, 0) is 5.41 Å². The maximum atomic E-state index is 2.63. The summed E-state index contributed by atoms with van der Waals surface area (Å²) in [6.45, 7) is 9.51. The van der Waals surface area contributed by atoms with Gasteiger partial charge in [-0.15, -0.1) is 0 Å². The van der Waals surface area contributed by atoms with Crippen molar-refractivity contribution >= 4 is 0 Å². The van der Waals surface area contributed by atoms with E-state index in [1.54, 1.807) is 5.57 Å². The van der Waals surface area contributed by atoms with Crippen LogP contribution in [0.5, 0.6) is 0 Å². The summed E-state index contributed by atoms with van der Waals surface area (Å²) in [6, 6.07) is 29.7. The van der Waals surface area contributed by atoms with Crippen LogP contribution >= 0.6 is 0 Å². The van der Waals surface area contributed by atoms with Gasteiger partial charge < -0.3 is 0 Å². The first-order valence-corrected chi connectivity index (χ1v) is 12.1. The molecule has 0 heteroatoms. The second-order valence-corrected chi connectivity index (χ2v) is 11.1. The lowest BCUT2D eigenvalue weighted by Gasteiger charge is -2.42. The van der Waals surface area contributed by atoms with E-state index in [1.807, 2.05) is 0 Å². The van der Waals surface area contributed by atoms with Crippen LogP contribution in [0.15, 0.2) is 102 Å². The molecule has 0 aliphatic heterocycles. The predicted octanol–water partition coefficient (Wildman–Crippen LogP) is 8.31. The first-order valence-electron chi connectivity index (χ1n) is 12.1. The summed E-state index contributed by atoms with van der Waals surface area (Å²) in [5.41, 5.74) is 10.7. The second-order valence-electron chi connectivity index (χ2n) is 11.1.